The predicted octanol–water partition coefficient (Wildman–Crippen LogP) is 3.20. The van der Waals surface area contributed by atoms with Gasteiger partial charge in [-0.1, -0.05) is 34.1 Å². The van der Waals surface area contributed by atoms with Gasteiger partial charge in [-0.05, 0) is 43.6 Å². The van der Waals surface area contributed by atoms with Crippen molar-refractivity contribution in [3.63, 3.8) is 0 Å². The molecule has 3 rings (SSSR count). The highest BCUT2D eigenvalue weighted by atomic mass is 79.9. The van der Waals surface area contributed by atoms with Crippen LogP contribution in [0.25, 0.3) is 0 Å². The van der Waals surface area contributed by atoms with Crippen molar-refractivity contribution >= 4 is 39.2 Å². The summed E-state index contributed by atoms with van der Waals surface area (Å²) >= 11 is 9.18. The monoisotopic (exact) mass is 393 g/mol. The standard InChI is InChI=1S/C17H20BrN3OS/c1-10-14(16(22)20(2)3)15(12-6-4-5-7-13(12)18)19-17(23)21(10)11-8-9-11/h4-7,11,15H,8-9H2,1-3H3,(H,19,23)/t15-/m0/s1. The number of amides is 1. The molecule has 23 heavy (non-hydrogen) atoms. The van der Waals surface area contributed by atoms with Crippen molar-refractivity contribution in [2.45, 2.75) is 31.8 Å². The minimum atomic E-state index is -0.233. The maximum absolute atomic E-state index is 12.8. The molecule has 1 fully saturated rings. The van der Waals surface area contributed by atoms with Gasteiger partial charge in [0.2, 0.25) is 0 Å². The molecular weight excluding hydrogens is 374 g/mol. The Morgan fingerprint density at radius 2 is 2.00 bits per heavy atom. The Morgan fingerprint density at radius 3 is 2.57 bits per heavy atom. The largest absolute Gasteiger partial charge is 0.351 e. The maximum atomic E-state index is 12.8. The molecule has 1 aliphatic heterocycles. The summed E-state index contributed by atoms with van der Waals surface area (Å²) in [5, 5.41) is 4.09. The van der Waals surface area contributed by atoms with E-state index in [1.54, 1.807) is 19.0 Å². The van der Waals surface area contributed by atoms with Crippen molar-refractivity contribution in [3.05, 3.63) is 45.6 Å². The number of rotatable bonds is 3. The molecule has 0 radical (unpaired) electrons. The fraction of sp³-hybridized carbons (Fsp3) is 0.412. The molecule has 0 aromatic heterocycles. The minimum absolute atomic E-state index is 0.0175. The van der Waals surface area contributed by atoms with E-state index in [-0.39, 0.29) is 11.9 Å². The molecule has 1 aromatic carbocycles. The van der Waals surface area contributed by atoms with Crippen molar-refractivity contribution in [2.24, 2.45) is 0 Å². The first kappa shape index (κ1) is 16.5. The zero-order valence-electron chi connectivity index (χ0n) is 13.5. The van der Waals surface area contributed by atoms with Crippen LogP contribution in [0, 0.1) is 0 Å². The molecule has 1 atom stereocenters. The Morgan fingerprint density at radius 1 is 1.35 bits per heavy atom. The lowest BCUT2D eigenvalue weighted by molar-refractivity contribution is -0.125. The molecule has 0 unspecified atom stereocenters. The second kappa shape index (κ2) is 6.24. The first-order valence-electron chi connectivity index (χ1n) is 7.68. The Bertz CT molecular complexity index is 697. The van der Waals surface area contributed by atoms with Gasteiger partial charge in [0.15, 0.2) is 5.11 Å². The van der Waals surface area contributed by atoms with Crippen LogP contribution in [0.1, 0.15) is 31.4 Å². The summed E-state index contributed by atoms with van der Waals surface area (Å²) in [7, 11) is 3.57. The van der Waals surface area contributed by atoms with E-state index in [0.29, 0.717) is 11.2 Å². The molecule has 4 nitrogen and oxygen atoms in total. The lowest BCUT2D eigenvalue weighted by Crippen LogP contribution is -2.49. The van der Waals surface area contributed by atoms with Gasteiger partial charge in [-0.3, -0.25) is 4.79 Å². The number of likely N-dealkylation sites (N-methyl/N-ethyl adjacent to an activating group) is 1. The average molecular weight is 394 g/mol. The van der Waals surface area contributed by atoms with E-state index in [0.717, 1.165) is 34.1 Å². The van der Waals surface area contributed by atoms with Crippen LogP contribution in [0.4, 0.5) is 0 Å². The summed E-state index contributed by atoms with van der Waals surface area (Å²) in [5.74, 6) is 0.0175. The summed E-state index contributed by atoms with van der Waals surface area (Å²) in [6.07, 6.45) is 2.25. The molecule has 0 spiro atoms. The first-order chi connectivity index (χ1) is 10.9. The zero-order valence-corrected chi connectivity index (χ0v) is 15.9. The zero-order chi connectivity index (χ0) is 16.7. The Labute approximate surface area is 150 Å². The summed E-state index contributed by atoms with van der Waals surface area (Å²) < 4.78 is 0.969. The number of nitrogens with one attached hydrogen (secondary N) is 1. The highest BCUT2D eigenvalue weighted by Gasteiger charge is 2.40. The molecule has 6 heteroatoms. The van der Waals surface area contributed by atoms with E-state index >= 15 is 0 Å². The summed E-state index contributed by atoms with van der Waals surface area (Å²) in [4.78, 5) is 16.6. The van der Waals surface area contributed by atoms with Gasteiger partial charge in [0, 0.05) is 30.3 Å². The summed E-state index contributed by atoms with van der Waals surface area (Å²) in [6, 6.07) is 8.15. The molecule has 1 heterocycles. The number of thiocarbonyl (C=S) groups is 1. The number of halogens is 1. The molecule has 0 bridgehead atoms. The topological polar surface area (TPSA) is 35.6 Å². The van der Waals surface area contributed by atoms with Crippen LogP contribution in [0.2, 0.25) is 0 Å². The predicted molar refractivity (Wildman–Crippen MR) is 98.9 cm³/mol. The van der Waals surface area contributed by atoms with Gasteiger partial charge in [-0.25, -0.2) is 0 Å². The molecule has 1 aromatic rings. The Balaban J connectivity index is 2.12. The van der Waals surface area contributed by atoms with Gasteiger partial charge in [-0.2, -0.15) is 0 Å². The van der Waals surface area contributed by atoms with Gasteiger partial charge in [-0.15, -0.1) is 0 Å². The second-order valence-electron chi connectivity index (χ2n) is 6.20. The third-order valence-corrected chi connectivity index (χ3v) is 5.33. The number of hydrogen-bond acceptors (Lipinski definition) is 2. The second-order valence-corrected chi connectivity index (χ2v) is 7.44. The number of allylic oxidation sites excluding steroid dienone is 1. The van der Waals surface area contributed by atoms with Crippen LogP contribution in [-0.2, 0) is 4.79 Å². The van der Waals surface area contributed by atoms with Crippen molar-refractivity contribution in [1.29, 1.82) is 0 Å². The van der Waals surface area contributed by atoms with Crippen molar-refractivity contribution in [2.75, 3.05) is 14.1 Å². The highest BCUT2D eigenvalue weighted by molar-refractivity contribution is 9.10. The first-order valence-corrected chi connectivity index (χ1v) is 8.88. The third kappa shape index (κ3) is 3.02. The van der Waals surface area contributed by atoms with Gasteiger partial charge in [0.05, 0.1) is 11.6 Å². The van der Waals surface area contributed by atoms with Crippen LogP contribution in [0.3, 0.4) is 0 Å². The number of carbonyl (C=O) groups excluding carboxylic acids is 1. The van der Waals surface area contributed by atoms with Gasteiger partial charge < -0.3 is 15.1 Å². The van der Waals surface area contributed by atoms with E-state index in [9.17, 15) is 4.79 Å². The van der Waals surface area contributed by atoms with Crippen LogP contribution < -0.4 is 5.32 Å². The van der Waals surface area contributed by atoms with E-state index in [1.807, 2.05) is 31.2 Å². The van der Waals surface area contributed by atoms with E-state index in [2.05, 4.69) is 26.1 Å². The van der Waals surface area contributed by atoms with Crippen LogP contribution >= 0.6 is 28.1 Å². The SMILES string of the molecule is CC1=C(C(=O)N(C)C)[C@H](c2ccccc2Br)NC(=S)N1C1CC1. The Hall–Kier alpha value is -1.40. The normalized spacial score (nSPS) is 21.3. The fourth-order valence-corrected chi connectivity index (χ4v) is 3.91. The van der Waals surface area contributed by atoms with E-state index in [1.165, 1.54) is 0 Å². The number of hydrogen-bond donors (Lipinski definition) is 1. The third-order valence-electron chi connectivity index (χ3n) is 4.29. The maximum Gasteiger partial charge on any atom is 0.253 e. The molecule has 0 saturated heterocycles. The molecule has 1 amide bonds. The Kier molecular flexibility index (Phi) is 4.47. The molecule has 2 aliphatic rings. The molecule has 1 saturated carbocycles. The number of benzene rings is 1. The lowest BCUT2D eigenvalue weighted by atomic mass is 9.94. The van der Waals surface area contributed by atoms with Crippen molar-refractivity contribution in [3.8, 4) is 0 Å². The smallest absolute Gasteiger partial charge is 0.253 e. The van der Waals surface area contributed by atoms with Gasteiger partial charge in [0.1, 0.15) is 0 Å². The molecule has 1 N–H and O–H groups in total. The summed E-state index contributed by atoms with van der Waals surface area (Å²) in [5.41, 5.74) is 2.76. The molecule has 122 valence electrons. The lowest BCUT2D eigenvalue weighted by Gasteiger charge is -2.39. The summed E-state index contributed by atoms with van der Waals surface area (Å²) in [6.45, 7) is 2.01. The van der Waals surface area contributed by atoms with E-state index < -0.39 is 0 Å². The quantitative estimate of drug-likeness (QED) is 0.799. The fourth-order valence-electron chi connectivity index (χ4n) is 2.99. The van der Waals surface area contributed by atoms with Gasteiger partial charge in [0.25, 0.3) is 5.91 Å². The molecular formula is C17H20BrN3OS. The number of nitrogens with zero attached hydrogens (tertiary/aromatic N) is 2. The van der Waals surface area contributed by atoms with E-state index in [4.69, 9.17) is 12.2 Å². The average Bonchev–Trinajstić information content (AvgIpc) is 3.31. The van der Waals surface area contributed by atoms with Crippen LogP contribution in [-0.4, -0.2) is 41.0 Å². The van der Waals surface area contributed by atoms with Gasteiger partial charge >= 0.3 is 0 Å². The molecule has 1 aliphatic carbocycles. The van der Waals surface area contributed by atoms with Crippen molar-refractivity contribution < 1.29 is 4.79 Å². The van der Waals surface area contributed by atoms with Crippen LogP contribution in [0.5, 0.6) is 0 Å². The number of carbonyl (C=O) groups is 1. The van der Waals surface area contributed by atoms with Crippen molar-refractivity contribution in [1.82, 2.24) is 15.1 Å². The van der Waals surface area contributed by atoms with Crippen LogP contribution in [0.15, 0.2) is 40.0 Å². The highest BCUT2D eigenvalue weighted by Crippen LogP contribution is 2.39. The minimum Gasteiger partial charge on any atom is -0.351 e.